The van der Waals surface area contributed by atoms with Crippen molar-refractivity contribution in [2.24, 2.45) is 0 Å². The molecule has 1 atom stereocenters. The lowest BCUT2D eigenvalue weighted by molar-refractivity contribution is -0.0365. The highest BCUT2D eigenvalue weighted by Gasteiger charge is 2.38. The second kappa shape index (κ2) is 6.20. The van der Waals surface area contributed by atoms with E-state index in [9.17, 15) is 0 Å². The van der Waals surface area contributed by atoms with Crippen molar-refractivity contribution in [1.29, 1.82) is 0 Å². The number of rotatable bonds is 3. The van der Waals surface area contributed by atoms with Crippen LogP contribution in [0.4, 0.5) is 0 Å². The molecule has 1 unspecified atom stereocenters. The van der Waals surface area contributed by atoms with Crippen LogP contribution < -0.4 is 5.32 Å². The molecule has 1 aliphatic carbocycles. The number of aromatic nitrogens is 2. The maximum atomic E-state index is 5.81. The molecule has 20 heavy (non-hydrogen) atoms. The summed E-state index contributed by atoms with van der Waals surface area (Å²) in [5.74, 6) is 1.31. The Hall–Kier alpha value is -0.980. The van der Waals surface area contributed by atoms with Crippen molar-refractivity contribution in [3.8, 4) is 0 Å². The molecule has 1 aromatic heterocycles. The minimum atomic E-state index is -0.367. The van der Waals surface area contributed by atoms with Crippen molar-refractivity contribution < 1.29 is 14.0 Å². The molecular formula is C14H23N3O3. The van der Waals surface area contributed by atoms with Crippen molar-refractivity contribution in [2.45, 2.75) is 50.2 Å². The van der Waals surface area contributed by atoms with Gasteiger partial charge in [-0.3, -0.25) is 0 Å². The van der Waals surface area contributed by atoms with Gasteiger partial charge in [-0.05, 0) is 12.8 Å². The predicted molar refractivity (Wildman–Crippen MR) is 72.2 cm³/mol. The zero-order valence-electron chi connectivity index (χ0n) is 12.1. The van der Waals surface area contributed by atoms with Gasteiger partial charge in [-0.25, -0.2) is 0 Å². The lowest BCUT2D eigenvalue weighted by Crippen LogP contribution is -2.35. The minimum Gasteiger partial charge on any atom is -0.378 e. The van der Waals surface area contributed by atoms with Crippen LogP contribution in [0.3, 0.4) is 0 Å². The van der Waals surface area contributed by atoms with Crippen LogP contribution in [0.5, 0.6) is 0 Å². The fourth-order valence-corrected chi connectivity index (χ4v) is 3.10. The maximum Gasteiger partial charge on any atom is 0.246 e. The third-order valence-electron chi connectivity index (χ3n) is 4.37. The van der Waals surface area contributed by atoms with Crippen LogP contribution in [0.1, 0.15) is 56.3 Å². The van der Waals surface area contributed by atoms with Crippen LogP contribution in [-0.2, 0) is 15.1 Å². The number of methoxy groups -OCH3 is 1. The van der Waals surface area contributed by atoms with E-state index >= 15 is 0 Å². The van der Waals surface area contributed by atoms with Crippen molar-refractivity contribution >= 4 is 0 Å². The molecule has 1 saturated heterocycles. The summed E-state index contributed by atoms with van der Waals surface area (Å²) in [6, 6.07) is 0.00434. The lowest BCUT2D eigenvalue weighted by atomic mass is 9.93. The average molecular weight is 281 g/mol. The number of ether oxygens (including phenoxy) is 2. The van der Waals surface area contributed by atoms with Crippen LogP contribution in [-0.4, -0.2) is 37.0 Å². The molecule has 1 aliphatic heterocycles. The fraction of sp³-hybridized carbons (Fsp3) is 0.857. The monoisotopic (exact) mass is 281 g/mol. The Balaban J connectivity index is 1.79. The second-order valence-corrected chi connectivity index (χ2v) is 5.65. The molecule has 1 aromatic rings. The van der Waals surface area contributed by atoms with Gasteiger partial charge in [0.15, 0.2) is 0 Å². The summed E-state index contributed by atoms with van der Waals surface area (Å²) in [4.78, 5) is 4.60. The molecule has 2 heterocycles. The van der Waals surface area contributed by atoms with Gasteiger partial charge in [0.2, 0.25) is 11.7 Å². The number of hydrogen-bond donors (Lipinski definition) is 1. The van der Waals surface area contributed by atoms with Crippen molar-refractivity contribution in [3.05, 3.63) is 11.7 Å². The van der Waals surface area contributed by atoms with E-state index in [1.807, 2.05) is 0 Å². The first-order chi connectivity index (χ1) is 9.84. The molecule has 0 amide bonds. The quantitative estimate of drug-likeness (QED) is 0.854. The van der Waals surface area contributed by atoms with Crippen LogP contribution in [0.2, 0.25) is 0 Å². The van der Waals surface area contributed by atoms with E-state index < -0.39 is 0 Å². The third-order valence-corrected chi connectivity index (χ3v) is 4.37. The molecule has 0 bridgehead atoms. The minimum absolute atomic E-state index is 0.00434. The highest BCUT2D eigenvalue weighted by molar-refractivity contribution is 5.04. The predicted octanol–water partition coefficient (Wildman–Crippen LogP) is 1.93. The first-order valence-electron chi connectivity index (χ1n) is 7.54. The number of nitrogens with one attached hydrogen (secondary N) is 1. The summed E-state index contributed by atoms with van der Waals surface area (Å²) < 4.78 is 16.7. The summed E-state index contributed by atoms with van der Waals surface area (Å²) in [5.41, 5.74) is -0.367. The molecule has 0 aromatic carbocycles. The molecule has 0 radical (unpaired) electrons. The molecule has 0 spiro atoms. The second-order valence-electron chi connectivity index (χ2n) is 5.65. The third kappa shape index (κ3) is 2.73. The highest BCUT2D eigenvalue weighted by atomic mass is 16.5. The highest BCUT2D eigenvalue weighted by Crippen LogP contribution is 2.37. The van der Waals surface area contributed by atoms with Crippen molar-refractivity contribution in [2.75, 3.05) is 26.9 Å². The SMILES string of the molecule is COC1(c2noc(C3COCCN3)n2)CCCCCC1. The summed E-state index contributed by atoms with van der Waals surface area (Å²) in [7, 11) is 1.75. The molecule has 1 N–H and O–H groups in total. The number of hydrogen-bond acceptors (Lipinski definition) is 6. The van der Waals surface area contributed by atoms with Gasteiger partial charge in [-0.2, -0.15) is 4.98 Å². The largest absolute Gasteiger partial charge is 0.378 e. The normalized spacial score (nSPS) is 27.1. The molecular weight excluding hydrogens is 258 g/mol. The maximum absolute atomic E-state index is 5.81. The molecule has 1 saturated carbocycles. The van der Waals surface area contributed by atoms with Crippen LogP contribution in [0.25, 0.3) is 0 Å². The van der Waals surface area contributed by atoms with Gasteiger partial charge in [0.1, 0.15) is 11.6 Å². The Morgan fingerprint density at radius 3 is 2.70 bits per heavy atom. The van der Waals surface area contributed by atoms with Gasteiger partial charge in [0.05, 0.1) is 13.2 Å². The number of morpholine rings is 1. The van der Waals surface area contributed by atoms with E-state index in [4.69, 9.17) is 14.0 Å². The van der Waals surface area contributed by atoms with Gasteiger partial charge >= 0.3 is 0 Å². The van der Waals surface area contributed by atoms with Crippen molar-refractivity contribution in [1.82, 2.24) is 15.5 Å². The molecule has 3 rings (SSSR count). The Bertz CT molecular complexity index is 421. The van der Waals surface area contributed by atoms with E-state index in [2.05, 4.69) is 15.5 Å². The van der Waals surface area contributed by atoms with Crippen LogP contribution in [0, 0.1) is 0 Å². The van der Waals surface area contributed by atoms with Crippen LogP contribution >= 0.6 is 0 Å². The zero-order valence-corrected chi connectivity index (χ0v) is 12.1. The Morgan fingerprint density at radius 1 is 1.25 bits per heavy atom. The summed E-state index contributed by atoms with van der Waals surface area (Å²) in [5, 5.41) is 7.53. The first-order valence-corrected chi connectivity index (χ1v) is 7.54. The number of nitrogens with zero attached hydrogens (tertiary/aromatic N) is 2. The summed E-state index contributed by atoms with van der Waals surface area (Å²) in [6.07, 6.45) is 6.76. The van der Waals surface area contributed by atoms with Gasteiger partial charge < -0.3 is 19.3 Å². The topological polar surface area (TPSA) is 69.4 Å². The van der Waals surface area contributed by atoms with Crippen LogP contribution in [0.15, 0.2) is 4.52 Å². The zero-order chi connectivity index (χ0) is 13.8. The van der Waals surface area contributed by atoms with Crippen molar-refractivity contribution in [3.63, 3.8) is 0 Å². The van der Waals surface area contributed by atoms with Gasteiger partial charge in [0.25, 0.3) is 0 Å². The Morgan fingerprint density at radius 2 is 2.05 bits per heavy atom. The fourth-order valence-electron chi connectivity index (χ4n) is 3.10. The van der Waals surface area contributed by atoms with Gasteiger partial charge in [-0.15, -0.1) is 0 Å². The van der Waals surface area contributed by atoms with Gasteiger partial charge in [0, 0.05) is 13.7 Å². The molecule has 6 heteroatoms. The molecule has 6 nitrogen and oxygen atoms in total. The first kappa shape index (κ1) is 14.0. The standard InChI is InChI=1S/C14H23N3O3/c1-18-14(6-4-2-3-5-7-14)13-16-12(20-17-13)11-10-19-9-8-15-11/h11,15H,2-10H2,1H3. The van der Waals surface area contributed by atoms with E-state index in [0.29, 0.717) is 18.3 Å². The summed E-state index contributed by atoms with van der Waals surface area (Å²) in [6.45, 7) is 2.14. The van der Waals surface area contributed by atoms with E-state index in [1.54, 1.807) is 7.11 Å². The van der Waals surface area contributed by atoms with E-state index in [1.165, 1.54) is 12.8 Å². The summed E-state index contributed by atoms with van der Waals surface area (Å²) >= 11 is 0. The molecule has 2 aliphatic rings. The van der Waals surface area contributed by atoms with E-state index in [-0.39, 0.29) is 11.6 Å². The lowest BCUT2D eigenvalue weighted by Gasteiger charge is -2.27. The van der Waals surface area contributed by atoms with E-state index in [0.717, 1.165) is 38.8 Å². The Labute approximate surface area is 119 Å². The Kier molecular flexibility index (Phi) is 4.33. The smallest absolute Gasteiger partial charge is 0.246 e. The average Bonchev–Trinajstić information content (AvgIpc) is 2.88. The van der Waals surface area contributed by atoms with Gasteiger partial charge in [-0.1, -0.05) is 30.8 Å². The molecule has 112 valence electrons. The molecule has 2 fully saturated rings.